The molecule has 2 rings (SSSR count). The van der Waals surface area contributed by atoms with Gasteiger partial charge in [0, 0.05) is 18.5 Å². The number of hydrogen-bond donors (Lipinski definition) is 2. The van der Waals surface area contributed by atoms with Crippen LogP contribution in [0.2, 0.25) is 0 Å². The van der Waals surface area contributed by atoms with Gasteiger partial charge in [0.2, 0.25) is 5.91 Å². The molecule has 1 aliphatic carbocycles. The maximum atomic E-state index is 11.8. The largest absolute Gasteiger partial charge is 0.494 e. The van der Waals surface area contributed by atoms with E-state index in [1.54, 1.807) is 0 Å². The van der Waals surface area contributed by atoms with Crippen molar-refractivity contribution in [2.45, 2.75) is 31.7 Å². The second-order valence-corrected chi connectivity index (χ2v) is 5.08. The smallest absolute Gasteiger partial charge is 0.223 e. The average Bonchev–Trinajstić information content (AvgIpc) is 2.86. The lowest BCUT2D eigenvalue weighted by molar-refractivity contribution is -0.124. The zero-order chi connectivity index (χ0) is 13.5. The Kier molecular flexibility index (Phi) is 5.21. The number of nitrogens with two attached hydrogens (primary N) is 1. The van der Waals surface area contributed by atoms with Crippen molar-refractivity contribution in [2.24, 2.45) is 11.7 Å². The van der Waals surface area contributed by atoms with Gasteiger partial charge in [-0.15, -0.1) is 0 Å². The van der Waals surface area contributed by atoms with E-state index >= 15 is 0 Å². The summed E-state index contributed by atoms with van der Waals surface area (Å²) in [7, 11) is 0. The van der Waals surface area contributed by atoms with Gasteiger partial charge in [0.05, 0.1) is 6.61 Å². The first kappa shape index (κ1) is 13.9. The normalized spacial score (nSPS) is 22.2. The summed E-state index contributed by atoms with van der Waals surface area (Å²) in [4.78, 5) is 11.8. The van der Waals surface area contributed by atoms with Crippen LogP contribution in [0.4, 0.5) is 0 Å². The van der Waals surface area contributed by atoms with Gasteiger partial charge in [-0.2, -0.15) is 0 Å². The molecule has 1 aliphatic rings. The molecule has 1 fully saturated rings. The van der Waals surface area contributed by atoms with Gasteiger partial charge < -0.3 is 15.8 Å². The van der Waals surface area contributed by atoms with Crippen molar-refractivity contribution < 1.29 is 9.53 Å². The van der Waals surface area contributed by atoms with Gasteiger partial charge in [0.15, 0.2) is 0 Å². The monoisotopic (exact) mass is 262 g/mol. The molecular weight excluding hydrogens is 240 g/mol. The Morgan fingerprint density at radius 2 is 2.11 bits per heavy atom. The molecule has 0 bridgehead atoms. The maximum Gasteiger partial charge on any atom is 0.223 e. The minimum absolute atomic E-state index is 0.116. The Labute approximate surface area is 114 Å². The van der Waals surface area contributed by atoms with Crippen LogP contribution in [0, 0.1) is 5.92 Å². The lowest BCUT2D eigenvalue weighted by Gasteiger charge is -2.11. The molecule has 0 aromatic heterocycles. The van der Waals surface area contributed by atoms with Crippen molar-refractivity contribution >= 4 is 5.91 Å². The number of para-hydroxylation sites is 1. The van der Waals surface area contributed by atoms with E-state index in [1.807, 2.05) is 30.3 Å². The molecule has 2 unspecified atom stereocenters. The molecule has 0 saturated heterocycles. The van der Waals surface area contributed by atoms with Gasteiger partial charge in [0.25, 0.3) is 0 Å². The fourth-order valence-corrected chi connectivity index (χ4v) is 2.39. The number of amides is 1. The van der Waals surface area contributed by atoms with E-state index in [2.05, 4.69) is 5.32 Å². The number of rotatable bonds is 6. The second-order valence-electron chi connectivity index (χ2n) is 5.08. The molecule has 2 atom stereocenters. The number of hydrogen-bond acceptors (Lipinski definition) is 3. The Balaban J connectivity index is 1.56. The van der Waals surface area contributed by atoms with E-state index in [0.29, 0.717) is 13.2 Å². The van der Waals surface area contributed by atoms with Crippen molar-refractivity contribution in [3.8, 4) is 5.75 Å². The van der Waals surface area contributed by atoms with Crippen LogP contribution >= 0.6 is 0 Å². The summed E-state index contributed by atoms with van der Waals surface area (Å²) in [6.45, 7) is 1.28. The number of carbonyl (C=O) groups excluding carboxylic acids is 1. The Bertz CT molecular complexity index is 394. The summed E-state index contributed by atoms with van der Waals surface area (Å²) in [5, 5.41) is 2.96. The summed E-state index contributed by atoms with van der Waals surface area (Å²) < 4.78 is 5.56. The van der Waals surface area contributed by atoms with Gasteiger partial charge in [-0.25, -0.2) is 0 Å². The highest BCUT2D eigenvalue weighted by atomic mass is 16.5. The van der Waals surface area contributed by atoms with Crippen LogP contribution in [0.3, 0.4) is 0 Å². The first-order valence-electron chi connectivity index (χ1n) is 6.97. The fourth-order valence-electron chi connectivity index (χ4n) is 2.39. The van der Waals surface area contributed by atoms with Crippen LogP contribution in [-0.2, 0) is 4.79 Å². The predicted molar refractivity (Wildman–Crippen MR) is 74.9 cm³/mol. The van der Waals surface area contributed by atoms with Crippen LogP contribution < -0.4 is 15.8 Å². The van der Waals surface area contributed by atoms with Crippen LogP contribution in [0.5, 0.6) is 5.75 Å². The van der Waals surface area contributed by atoms with Crippen LogP contribution in [-0.4, -0.2) is 25.1 Å². The lowest BCUT2D eigenvalue weighted by Crippen LogP contribution is -2.31. The van der Waals surface area contributed by atoms with Crippen molar-refractivity contribution in [3.63, 3.8) is 0 Å². The molecule has 0 aliphatic heterocycles. The van der Waals surface area contributed by atoms with E-state index in [9.17, 15) is 4.79 Å². The van der Waals surface area contributed by atoms with Gasteiger partial charge in [-0.05, 0) is 37.8 Å². The molecule has 4 nitrogen and oxygen atoms in total. The van der Waals surface area contributed by atoms with Gasteiger partial charge >= 0.3 is 0 Å². The van der Waals surface area contributed by atoms with Crippen LogP contribution in [0.25, 0.3) is 0 Å². The van der Waals surface area contributed by atoms with E-state index in [4.69, 9.17) is 10.5 Å². The molecule has 0 radical (unpaired) electrons. The van der Waals surface area contributed by atoms with E-state index < -0.39 is 0 Å². The third-order valence-electron chi connectivity index (χ3n) is 3.48. The Morgan fingerprint density at radius 3 is 2.79 bits per heavy atom. The molecule has 1 amide bonds. The predicted octanol–water partition coefficient (Wildman–Crippen LogP) is 1.70. The molecule has 19 heavy (non-hydrogen) atoms. The summed E-state index contributed by atoms with van der Waals surface area (Å²) in [6.07, 6.45) is 3.54. The number of ether oxygens (including phenoxy) is 1. The van der Waals surface area contributed by atoms with E-state index in [-0.39, 0.29) is 17.9 Å². The molecule has 4 heteroatoms. The SMILES string of the molecule is NC1CCC(C(=O)NCCCOc2ccccc2)C1. The molecule has 0 heterocycles. The van der Waals surface area contributed by atoms with Crippen LogP contribution in [0.15, 0.2) is 30.3 Å². The summed E-state index contributed by atoms with van der Waals surface area (Å²) in [5.41, 5.74) is 5.80. The van der Waals surface area contributed by atoms with Gasteiger partial charge in [0.1, 0.15) is 5.75 Å². The molecular formula is C15H22N2O2. The Morgan fingerprint density at radius 1 is 1.32 bits per heavy atom. The molecule has 1 aromatic rings. The highest BCUT2D eigenvalue weighted by Crippen LogP contribution is 2.23. The molecule has 3 N–H and O–H groups in total. The minimum Gasteiger partial charge on any atom is -0.494 e. The standard InChI is InChI=1S/C15H22N2O2/c16-13-8-7-12(11-13)15(18)17-9-4-10-19-14-5-2-1-3-6-14/h1-3,5-6,12-13H,4,7-11,16H2,(H,17,18). The van der Waals surface area contributed by atoms with Crippen LogP contribution in [0.1, 0.15) is 25.7 Å². The second kappa shape index (κ2) is 7.14. The number of carbonyl (C=O) groups is 1. The number of benzene rings is 1. The molecule has 104 valence electrons. The highest BCUT2D eigenvalue weighted by Gasteiger charge is 2.27. The third-order valence-corrected chi connectivity index (χ3v) is 3.48. The Hall–Kier alpha value is -1.55. The third kappa shape index (κ3) is 4.56. The summed E-state index contributed by atoms with van der Waals surface area (Å²) in [5.74, 6) is 1.13. The molecule has 0 spiro atoms. The maximum absolute atomic E-state index is 11.8. The summed E-state index contributed by atoms with van der Waals surface area (Å²) >= 11 is 0. The lowest BCUT2D eigenvalue weighted by atomic mass is 10.1. The number of nitrogens with one attached hydrogen (secondary N) is 1. The zero-order valence-electron chi connectivity index (χ0n) is 11.2. The molecule has 1 aromatic carbocycles. The van der Waals surface area contributed by atoms with E-state index in [1.165, 1.54) is 0 Å². The van der Waals surface area contributed by atoms with Crippen molar-refractivity contribution in [1.29, 1.82) is 0 Å². The quantitative estimate of drug-likeness (QED) is 0.767. The minimum atomic E-state index is 0.116. The first-order valence-corrected chi connectivity index (χ1v) is 6.97. The van der Waals surface area contributed by atoms with E-state index in [0.717, 1.165) is 31.4 Å². The first-order chi connectivity index (χ1) is 9.25. The fraction of sp³-hybridized carbons (Fsp3) is 0.533. The summed E-state index contributed by atoms with van der Waals surface area (Å²) in [6, 6.07) is 9.91. The highest BCUT2D eigenvalue weighted by molar-refractivity contribution is 5.78. The molecule has 1 saturated carbocycles. The topological polar surface area (TPSA) is 64.4 Å². The van der Waals surface area contributed by atoms with Crippen molar-refractivity contribution in [1.82, 2.24) is 5.32 Å². The average molecular weight is 262 g/mol. The van der Waals surface area contributed by atoms with Gasteiger partial charge in [-0.3, -0.25) is 4.79 Å². The van der Waals surface area contributed by atoms with Crippen molar-refractivity contribution in [2.75, 3.05) is 13.2 Å². The van der Waals surface area contributed by atoms with Crippen molar-refractivity contribution in [3.05, 3.63) is 30.3 Å². The van der Waals surface area contributed by atoms with Gasteiger partial charge in [-0.1, -0.05) is 18.2 Å². The zero-order valence-corrected chi connectivity index (χ0v) is 11.2.